The number of esters is 1. The number of hydrogen-bond donors (Lipinski definition) is 2. The molecule has 3 N–H and O–H groups in total. The van der Waals surface area contributed by atoms with Gasteiger partial charge in [0.05, 0.1) is 6.61 Å². The van der Waals surface area contributed by atoms with Crippen LogP contribution in [0, 0.1) is 0 Å². The Hall–Kier alpha value is -1.43. The van der Waals surface area contributed by atoms with Gasteiger partial charge in [-0.3, -0.25) is 5.10 Å². The third kappa shape index (κ3) is 3.67. The Morgan fingerprint density at radius 2 is 2.40 bits per heavy atom. The highest BCUT2D eigenvalue weighted by Gasteiger charge is 2.13. The van der Waals surface area contributed by atoms with Crippen molar-refractivity contribution in [3.8, 4) is 0 Å². The Morgan fingerprint density at radius 3 is 3.00 bits per heavy atom. The van der Waals surface area contributed by atoms with Crippen molar-refractivity contribution in [1.82, 2.24) is 15.2 Å². The van der Waals surface area contributed by atoms with Gasteiger partial charge < -0.3 is 10.5 Å². The van der Waals surface area contributed by atoms with Gasteiger partial charge in [-0.25, -0.2) is 9.78 Å². The predicted octanol–water partition coefficient (Wildman–Crippen LogP) is 0.261. The molecule has 0 aliphatic carbocycles. The lowest BCUT2D eigenvalue weighted by Crippen LogP contribution is -2.15. The van der Waals surface area contributed by atoms with Crippen molar-refractivity contribution in [3.63, 3.8) is 0 Å². The van der Waals surface area contributed by atoms with E-state index in [-0.39, 0.29) is 11.9 Å². The minimum absolute atomic E-state index is 0.0801. The first-order chi connectivity index (χ1) is 7.13. The summed E-state index contributed by atoms with van der Waals surface area (Å²) in [4.78, 5) is 15.2. The molecule has 6 heteroatoms. The number of rotatable bonds is 5. The topological polar surface area (TPSA) is 93.9 Å². The van der Waals surface area contributed by atoms with Crippen molar-refractivity contribution < 1.29 is 9.53 Å². The molecule has 1 aromatic rings. The molecule has 0 aliphatic heterocycles. The van der Waals surface area contributed by atoms with Crippen LogP contribution in [0.25, 0.3) is 0 Å². The van der Waals surface area contributed by atoms with Gasteiger partial charge in [0.1, 0.15) is 5.82 Å². The molecule has 0 spiro atoms. The van der Waals surface area contributed by atoms with E-state index in [0.29, 0.717) is 18.9 Å². The summed E-state index contributed by atoms with van der Waals surface area (Å²) in [5, 5.41) is 6.44. The molecular formula is C9H16N4O2. The van der Waals surface area contributed by atoms with Crippen molar-refractivity contribution in [2.75, 3.05) is 6.61 Å². The van der Waals surface area contributed by atoms with Gasteiger partial charge in [0.15, 0.2) is 0 Å². The van der Waals surface area contributed by atoms with Gasteiger partial charge in [-0.1, -0.05) is 0 Å². The van der Waals surface area contributed by atoms with E-state index in [0.717, 1.165) is 6.42 Å². The van der Waals surface area contributed by atoms with Gasteiger partial charge in [0.25, 0.3) is 5.82 Å². The molecule has 15 heavy (non-hydrogen) atoms. The van der Waals surface area contributed by atoms with E-state index >= 15 is 0 Å². The van der Waals surface area contributed by atoms with E-state index in [2.05, 4.69) is 15.2 Å². The standard InChI is InChI=1S/C9H16N4O2/c1-3-15-9(14)8-11-7(12-13-8)5-4-6(2)10/h6H,3-5,10H2,1-2H3,(H,11,12,13). The summed E-state index contributed by atoms with van der Waals surface area (Å²) in [7, 11) is 0. The Labute approximate surface area is 88.2 Å². The largest absolute Gasteiger partial charge is 0.460 e. The van der Waals surface area contributed by atoms with Crippen LogP contribution in [0.15, 0.2) is 0 Å². The fraction of sp³-hybridized carbons (Fsp3) is 0.667. The molecule has 84 valence electrons. The van der Waals surface area contributed by atoms with Crippen LogP contribution in [0.5, 0.6) is 0 Å². The van der Waals surface area contributed by atoms with Gasteiger partial charge in [0, 0.05) is 12.5 Å². The first-order valence-corrected chi connectivity index (χ1v) is 4.97. The molecule has 0 radical (unpaired) electrons. The second kappa shape index (κ2) is 5.45. The molecule has 6 nitrogen and oxygen atoms in total. The van der Waals surface area contributed by atoms with Crippen molar-refractivity contribution in [2.24, 2.45) is 5.73 Å². The third-order valence-corrected chi connectivity index (χ3v) is 1.83. The Balaban J connectivity index is 2.52. The second-order valence-corrected chi connectivity index (χ2v) is 3.34. The van der Waals surface area contributed by atoms with Crippen LogP contribution in [0.2, 0.25) is 0 Å². The van der Waals surface area contributed by atoms with Crippen LogP contribution in [0.4, 0.5) is 0 Å². The molecule has 0 amide bonds. The predicted molar refractivity (Wildman–Crippen MR) is 54.3 cm³/mol. The summed E-state index contributed by atoms with van der Waals surface area (Å²) >= 11 is 0. The number of carbonyl (C=O) groups excluding carboxylic acids is 1. The number of aryl methyl sites for hydroxylation is 1. The summed E-state index contributed by atoms with van der Waals surface area (Å²) in [6.45, 7) is 3.98. The summed E-state index contributed by atoms with van der Waals surface area (Å²) < 4.78 is 4.76. The summed E-state index contributed by atoms with van der Waals surface area (Å²) in [5.41, 5.74) is 5.60. The number of aromatic amines is 1. The quantitative estimate of drug-likeness (QED) is 0.683. The second-order valence-electron chi connectivity index (χ2n) is 3.34. The number of carbonyl (C=O) groups is 1. The summed E-state index contributed by atoms with van der Waals surface area (Å²) in [5.74, 6) is 0.243. The maximum atomic E-state index is 11.2. The number of nitrogens with one attached hydrogen (secondary N) is 1. The lowest BCUT2D eigenvalue weighted by molar-refractivity contribution is 0.0512. The van der Waals surface area contributed by atoms with Crippen LogP contribution in [0.1, 0.15) is 36.7 Å². The normalized spacial score (nSPS) is 12.5. The fourth-order valence-corrected chi connectivity index (χ4v) is 1.06. The van der Waals surface area contributed by atoms with E-state index in [9.17, 15) is 4.79 Å². The van der Waals surface area contributed by atoms with Gasteiger partial charge in [-0.05, 0) is 20.3 Å². The van der Waals surface area contributed by atoms with Gasteiger partial charge >= 0.3 is 5.97 Å². The van der Waals surface area contributed by atoms with Crippen molar-refractivity contribution in [1.29, 1.82) is 0 Å². The van der Waals surface area contributed by atoms with Crippen LogP contribution < -0.4 is 5.73 Å². The molecule has 0 fully saturated rings. The van der Waals surface area contributed by atoms with E-state index in [1.807, 2.05) is 6.92 Å². The molecule has 0 aliphatic rings. The summed E-state index contributed by atoms with van der Waals surface area (Å²) in [6.07, 6.45) is 1.49. The van der Waals surface area contributed by atoms with Crippen molar-refractivity contribution in [2.45, 2.75) is 32.7 Å². The maximum Gasteiger partial charge on any atom is 0.378 e. The van der Waals surface area contributed by atoms with Crippen molar-refractivity contribution in [3.05, 3.63) is 11.6 Å². The molecular weight excluding hydrogens is 196 g/mol. The molecule has 0 bridgehead atoms. The highest BCUT2D eigenvalue weighted by molar-refractivity contribution is 5.84. The first kappa shape index (κ1) is 11.6. The number of H-pyrrole nitrogens is 1. The average molecular weight is 212 g/mol. The lowest BCUT2D eigenvalue weighted by atomic mass is 10.2. The minimum Gasteiger partial charge on any atom is -0.460 e. The highest BCUT2D eigenvalue weighted by Crippen LogP contribution is 2.00. The zero-order chi connectivity index (χ0) is 11.3. The van der Waals surface area contributed by atoms with E-state index in [1.54, 1.807) is 6.92 Å². The van der Waals surface area contributed by atoms with Gasteiger partial charge in [0.2, 0.25) is 0 Å². The fourth-order valence-electron chi connectivity index (χ4n) is 1.06. The smallest absolute Gasteiger partial charge is 0.378 e. The van der Waals surface area contributed by atoms with Crippen LogP contribution in [0.3, 0.4) is 0 Å². The minimum atomic E-state index is -0.499. The van der Waals surface area contributed by atoms with E-state index < -0.39 is 5.97 Å². The monoisotopic (exact) mass is 212 g/mol. The molecule has 1 aromatic heterocycles. The lowest BCUT2D eigenvalue weighted by Gasteiger charge is -2.00. The zero-order valence-electron chi connectivity index (χ0n) is 8.99. The summed E-state index contributed by atoms with van der Waals surface area (Å²) in [6, 6.07) is 0.112. The van der Waals surface area contributed by atoms with Crippen molar-refractivity contribution >= 4 is 5.97 Å². The molecule has 0 aromatic carbocycles. The Kier molecular flexibility index (Phi) is 4.23. The van der Waals surface area contributed by atoms with Crippen LogP contribution in [-0.2, 0) is 11.2 Å². The molecule has 1 heterocycles. The maximum absolute atomic E-state index is 11.2. The first-order valence-electron chi connectivity index (χ1n) is 4.97. The number of nitrogens with two attached hydrogens (primary N) is 1. The third-order valence-electron chi connectivity index (χ3n) is 1.83. The van der Waals surface area contributed by atoms with E-state index in [1.165, 1.54) is 0 Å². The molecule has 0 saturated carbocycles. The molecule has 1 rings (SSSR count). The van der Waals surface area contributed by atoms with Gasteiger partial charge in [-0.2, -0.15) is 0 Å². The Bertz CT molecular complexity index is 322. The molecule has 0 saturated heterocycles. The SMILES string of the molecule is CCOC(=O)c1n[nH]c(CCC(C)N)n1. The van der Waals surface area contributed by atoms with Crippen LogP contribution >= 0.6 is 0 Å². The zero-order valence-corrected chi connectivity index (χ0v) is 8.99. The van der Waals surface area contributed by atoms with Crippen LogP contribution in [-0.4, -0.2) is 33.8 Å². The number of ether oxygens (including phenoxy) is 1. The molecule has 1 atom stereocenters. The van der Waals surface area contributed by atoms with Gasteiger partial charge in [-0.15, -0.1) is 5.10 Å². The Morgan fingerprint density at radius 1 is 1.67 bits per heavy atom. The number of hydrogen-bond acceptors (Lipinski definition) is 5. The average Bonchev–Trinajstić information content (AvgIpc) is 2.63. The highest BCUT2D eigenvalue weighted by atomic mass is 16.5. The van der Waals surface area contributed by atoms with E-state index in [4.69, 9.17) is 10.5 Å². The number of aromatic nitrogens is 3. The number of nitrogens with zero attached hydrogens (tertiary/aromatic N) is 2. The molecule has 1 unspecified atom stereocenters.